The molecule has 0 saturated carbocycles. The largest absolute Gasteiger partial charge is 0.379 e. The van der Waals surface area contributed by atoms with Crippen LogP contribution in [0, 0.1) is 6.92 Å². The van der Waals surface area contributed by atoms with Crippen molar-refractivity contribution >= 4 is 43.6 Å². The van der Waals surface area contributed by atoms with E-state index in [1.807, 2.05) is 7.55 Å². The summed E-state index contributed by atoms with van der Waals surface area (Å²) in [6.07, 6.45) is 1.06. The number of aryl methyl sites for hydroxylation is 2. The minimum atomic E-state index is -0.159. The number of nitrogens with one attached hydrogen (secondary N) is 2. The van der Waals surface area contributed by atoms with Crippen molar-refractivity contribution in [3.05, 3.63) is 59.2 Å². The molecule has 2 radical (unpaired) electrons. The van der Waals surface area contributed by atoms with Gasteiger partial charge in [-0.2, -0.15) is 0 Å². The topological polar surface area (TPSA) is 27.3 Å². The molecule has 0 unspecified atom stereocenters. The van der Waals surface area contributed by atoms with E-state index in [0.29, 0.717) is 0 Å². The van der Waals surface area contributed by atoms with Gasteiger partial charge in [-0.15, -0.1) is 0 Å². The lowest BCUT2D eigenvalue weighted by Gasteiger charge is -2.45. The van der Waals surface area contributed by atoms with E-state index in [0.717, 1.165) is 6.42 Å². The number of hydrogen-bond donors (Lipinski definition) is 2. The predicted octanol–water partition coefficient (Wildman–Crippen LogP) is 3.78. The Morgan fingerprint density at radius 2 is 1.81 bits per heavy atom. The molecular formula is C21H26B3N3. The third-order valence-corrected chi connectivity index (χ3v) is 6.03. The average molecular weight is 353 g/mol. The first-order valence-corrected chi connectivity index (χ1v) is 9.85. The monoisotopic (exact) mass is 353 g/mol. The third-order valence-electron chi connectivity index (χ3n) is 6.03. The predicted molar refractivity (Wildman–Crippen MR) is 120 cm³/mol. The van der Waals surface area contributed by atoms with E-state index in [2.05, 4.69) is 99.5 Å². The van der Waals surface area contributed by atoms with Crippen molar-refractivity contribution in [3.8, 4) is 0 Å². The molecule has 27 heavy (non-hydrogen) atoms. The molecule has 1 fully saturated rings. The Bertz CT molecular complexity index is 1000. The van der Waals surface area contributed by atoms with Crippen LogP contribution in [0.3, 0.4) is 0 Å². The summed E-state index contributed by atoms with van der Waals surface area (Å²) in [7, 11) is 3.97. The second kappa shape index (κ2) is 7.01. The van der Waals surface area contributed by atoms with E-state index in [4.69, 9.17) is 0 Å². The summed E-state index contributed by atoms with van der Waals surface area (Å²) >= 11 is 0. The summed E-state index contributed by atoms with van der Waals surface area (Å²) < 4.78 is 2.36. The number of benzene rings is 3. The van der Waals surface area contributed by atoms with Crippen molar-refractivity contribution < 1.29 is 0 Å². The summed E-state index contributed by atoms with van der Waals surface area (Å²) in [6.45, 7) is 11.5. The van der Waals surface area contributed by atoms with Crippen LogP contribution in [0.2, 0.25) is 6.82 Å². The van der Waals surface area contributed by atoms with Crippen LogP contribution < -0.4 is 10.3 Å². The van der Waals surface area contributed by atoms with E-state index < -0.39 is 0 Å². The summed E-state index contributed by atoms with van der Waals surface area (Å²) in [5.74, 6) is 0. The van der Waals surface area contributed by atoms with Crippen LogP contribution in [0.1, 0.15) is 37.5 Å². The molecule has 0 bridgehead atoms. The quantitative estimate of drug-likeness (QED) is 0.555. The standard InChI is InChI=1S/C21H26B3N3/c1-6-15-9-7-10-16-17-11-8-12-19(20(17)14(2)13-18(15)16)21(3,4)27-23-25-22-26-24(27)5/h7-13,25-26H,6H2,1-5H3. The highest BCUT2D eigenvalue weighted by molar-refractivity contribution is 6.74. The first kappa shape index (κ1) is 18.6. The number of hydrogen-bond acceptors (Lipinski definition) is 3. The van der Waals surface area contributed by atoms with Crippen LogP contribution >= 0.6 is 0 Å². The summed E-state index contributed by atoms with van der Waals surface area (Å²) in [5.41, 5.74) is 3.96. The van der Waals surface area contributed by atoms with Gasteiger partial charge in [0, 0.05) is 5.54 Å². The minimum Gasteiger partial charge on any atom is -0.379 e. The lowest BCUT2D eigenvalue weighted by Crippen LogP contribution is -2.68. The molecule has 3 aromatic carbocycles. The molecule has 1 aliphatic heterocycles. The molecule has 0 amide bonds. The van der Waals surface area contributed by atoms with Crippen LogP contribution in [0.25, 0.3) is 21.5 Å². The smallest absolute Gasteiger partial charge is 0.288 e. The van der Waals surface area contributed by atoms with Crippen molar-refractivity contribution in [2.45, 2.75) is 46.5 Å². The van der Waals surface area contributed by atoms with Crippen molar-refractivity contribution in [1.82, 2.24) is 15.0 Å². The zero-order valence-corrected chi connectivity index (χ0v) is 16.9. The van der Waals surface area contributed by atoms with Crippen LogP contribution in [-0.4, -0.2) is 26.8 Å². The van der Waals surface area contributed by atoms with E-state index >= 15 is 0 Å². The Morgan fingerprint density at radius 1 is 1.07 bits per heavy atom. The van der Waals surface area contributed by atoms with Crippen molar-refractivity contribution in [1.29, 1.82) is 0 Å². The van der Waals surface area contributed by atoms with Crippen molar-refractivity contribution in [2.75, 3.05) is 0 Å². The molecule has 1 heterocycles. The maximum atomic E-state index is 3.37. The molecule has 1 aliphatic rings. The van der Waals surface area contributed by atoms with Crippen molar-refractivity contribution in [3.63, 3.8) is 0 Å². The Labute approximate surface area is 164 Å². The van der Waals surface area contributed by atoms with Gasteiger partial charge < -0.3 is 15.0 Å². The lowest BCUT2D eigenvalue weighted by atomic mass is 9.60. The molecule has 2 N–H and O–H groups in total. The zero-order valence-electron chi connectivity index (χ0n) is 16.9. The van der Waals surface area contributed by atoms with Crippen LogP contribution in [0.5, 0.6) is 0 Å². The fourth-order valence-corrected chi connectivity index (χ4v) is 4.59. The zero-order chi connectivity index (χ0) is 19.2. The highest BCUT2D eigenvalue weighted by Crippen LogP contribution is 2.38. The summed E-state index contributed by atoms with van der Waals surface area (Å²) in [5, 5.41) is 12.1. The van der Waals surface area contributed by atoms with Gasteiger partial charge in [0.05, 0.1) is 0 Å². The van der Waals surface area contributed by atoms with Gasteiger partial charge in [-0.3, -0.25) is 0 Å². The molecule has 1 saturated heterocycles. The Morgan fingerprint density at radius 3 is 2.56 bits per heavy atom. The SMILES string of the molecule is CCc1cccc2c1cc(C)c1c(C(C)(C)N3[B]N[B]NB3C)cccc12. The fraction of sp³-hybridized carbons (Fsp3) is 0.333. The molecule has 0 atom stereocenters. The van der Waals surface area contributed by atoms with Gasteiger partial charge >= 0.3 is 0 Å². The second-order valence-corrected chi connectivity index (χ2v) is 8.04. The van der Waals surface area contributed by atoms with Gasteiger partial charge in [-0.1, -0.05) is 56.2 Å². The number of nitrogens with zero attached hydrogens (tertiary/aromatic N) is 1. The van der Waals surface area contributed by atoms with Gasteiger partial charge in [0.2, 0.25) is 0 Å². The maximum Gasteiger partial charge on any atom is 0.288 e. The second-order valence-electron chi connectivity index (χ2n) is 8.04. The van der Waals surface area contributed by atoms with Gasteiger partial charge in [-0.25, -0.2) is 0 Å². The normalized spacial score (nSPS) is 15.8. The molecule has 134 valence electrons. The lowest BCUT2D eigenvalue weighted by molar-refractivity contribution is 0.341. The van der Waals surface area contributed by atoms with E-state index in [-0.39, 0.29) is 12.5 Å². The molecule has 3 aromatic rings. The highest BCUT2D eigenvalue weighted by atomic mass is 15.2. The van der Waals surface area contributed by atoms with Gasteiger partial charge in [0.1, 0.15) is 0 Å². The minimum absolute atomic E-state index is 0.159. The van der Waals surface area contributed by atoms with E-state index in [1.165, 1.54) is 38.2 Å². The third kappa shape index (κ3) is 3.00. The van der Waals surface area contributed by atoms with Crippen LogP contribution in [0.15, 0.2) is 42.5 Å². The first-order valence-electron chi connectivity index (χ1n) is 9.85. The molecule has 0 aliphatic carbocycles. The first-order chi connectivity index (χ1) is 12.9. The molecule has 6 heteroatoms. The van der Waals surface area contributed by atoms with E-state index in [9.17, 15) is 0 Å². The Kier molecular flexibility index (Phi) is 4.83. The molecule has 0 spiro atoms. The van der Waals surface area contributed by atoms with Crippen molar-refractivity contribution in [2.24, 2.45) is 0 Å². The van der Waals surface area contributed by atoms with Gasteiger partial charge in [0.15, 0.2) is 0 Å². The molecule has 4 rings (SSSR count). The number of rotatable bonds is 3. The molecule has 3 nitrogen and oxygen atoms in total. The van der Waals surface area contributed by atoms with Crippen LogP contribution in [-0.2, 0) is 12.0 Å². The average Bonchev–Trinajstić information content (AvgIpc) is 2.67. The fourth-order valence-electron chi connectivity index (χ4n) is 4.59. The summed E-state index contributed by atoms with van der Waals surface area (Å²) in [6, 6.07) is 15.8. The number of fused-ring (bicyclic) bond motifs is 3. The Balaban J connectivity index is 1.98. The Hall–Kier alpha value is -1.75. The molecule has 0 aromatic heterocycles. The highest BCUT2D eigenvalue weighted by Gasteiger charge is 2.37. The summed E-state index contributed by atoms with van der Waals surface area (Å²) in [4.78, 5) is 0. The van der Waals surface area contributed by atoms with E-state index in [1.54, 1.807) is 0 Å². The van der Waals surface area contributed by atoms with Gasteiger partial charge in [-0.05, 0) is 65.4 Å². The van der Waals surface area contributed by atoms with Crippen LogP contribution in [0.4, 0.5) is 0 Å². The van der Waals surface area contributed by atoms with Gasteiger partial charge in [0.25, 0.3) is 22.1 Å². The molecular weight excluding hydrogens is 327 g/mol. The maximum absolute atomic E-state index is 3.37.